The van der Waals surface area contributed by atoms with Gasteiger partial charge in [0.05, 0.1) is 10.4 Å². The molecule has 3 heterocycles. The van der Waals surface area contributed by atoms with Crippen molar-refractivity contribution in [2.75, 3.05) is 31.1 Å². The lowest BCUT2D eigenvalue weighted by atomic mass is 10.2. The number of anilines is 1. The van der Waals surface area contributed by atoms with Gasteiger partial charge >= 0.3 is 6.09 Å². The number of amides is 1. The lowest BCUT2D eigenvalue weighted by Crippen LogP contribution is -2.50. The Balaban J connectivity index is 1.71. The van der Waals surface area contributed by atoms with Crippen LogP contribution in [0.2, 0.25) is 10.2 Å². The highest BCUT2D eigenvalue weighted by Gasteiger charge is 2.27. The van der Waals surface area contributed by atoms with Crippen LogP contribution in [-0.4, -0.2) is 52.1 Å². The molecule has 1 saturated heterocycles. The highest BCUT2D eigenvalue weighted by Crippen LogP contribution is 2.34. The molecule has 1 aliphatic heterocycles. The molecule has 0 spiro atoms. The highest BCUT2D eigenvalue weighted by atomic mass is 35.5. The Labute approximate surface area is 154 Å². The summed E-state index contributed by atoms with van der Waals surface area (Å²) in [6, 6.07) is 1.80. The maximum atomic E-state index is 12.1. The molecular formula is C15H18Cl2N4O2S. The molecule has 24 heavy (non-hydrogen) atoms. The fourth-order valence-corrected chi connectivity index (χ4v) is 3.61. The van der Waals surface area contributed by atoms with E-state index in [4.69, 9.17) is 27.9 Å². The van der Waals surface area contributed by atoms with Crippen molar-refractivity contribution < 1.29 is 9.53 Å². The molecule has 0 atom stereocenters. The number of hydrogen-bond donors (Lipinski definition) is 0. The summed E-state index contributed by atoms with van der Waals surface area (Å²) < 4.78 is 9.76. The van der Waals surface area contributed by atoms with E-state index in [-0.39, 0.29) is 11.2 Å². The van der Waals surface area contributed by atoms with E-state index in [0.717, 1.165) is 10.4 Å². The van der Waals surface area contributed by atoms with Gasteiger partial charge in [0.15, 0.2) is 5.65 Å². The van der Waals surface area contributed by atoms with E-state index in [2.05, 4.69) is 14.3 Å². The summed E-state index contributed by atoms with van der Waals surface area (Å²) in [5, 5.41) is 2.56. The number of rotatable bonds is 1. The maximum Gasteiger partial charge on any atom is 0.410 e. The number of piperazine rings is 1. The van der Waals surface area contributed by atoms with Gasteiger partial charge in [-0.05, 0) is 38.4 Å². The molecule has 1 fully saturated rings. The summed E-state index contributed by atoms with van der Waals surface area (Å²) in [5.74, 6) is 0. The fourth-order valence-electron chi connectivity index (χ4n) is 2.47. The van der Waals surface area contributed by atoms with Crippen molar-refractivity contribution in [2.45, 2.75) is 26.4 Å². The first-order valence-electron chi connectivity index (χ1n) is 7.59. The van der Waals surface area contributed by atoms with Gasteiger partial charge in [0.2, 0.25) is 0 Å². The third-order valence-corrected chi connectivity index (χ3v) is 5.17. The molecule has 2 aromatic heterocycles. The van der Waals surface area contributed by atoms with Crippen LogP contribution in [0.1, 0.15) is 20.8 Å². The van der Waals surface area contributed by atoms with Crippen molar-refractivity contribution in [1.29, 1.82) is 0 Å². The zero-order chi connectivity index (χ0) is 17.5. The Morgan fingerprint density at radius 3 is 2.54 bits per heavy atom. The van der Waals surface area contributed by atoms with Crippen LogP contribution in [0.15, 0.2) is 6.07 Å². The molecule has 9 heteroatoms. The van der Waals surface area contributed by atoms with Crippen molar-refractivity contribution in [1.82, 2.24) is 14.3 Å². The molecule has 0 aliphatic carbocycles. The van der Waals surface area contributed by atoms with Crippen molar-refractivity contribution in [3.63, 3.8) is 0 Å². The number of carbonyl (C=O) groups excluding carboxylic acids is 1. The van der Waals surface area contributed by atoms with Crippen LogP contribution in [0.4, 0.5) is 9.80 Å². The Hall–Kier alpha value is -1.31. The van der Waals surface area contributed by atoms with Gasteiger partial charge in [-0.2, -0.15) is 4.37 Å². The van der Waals surface area contributed by atoms with Gasteiger partial charge in [-0.15, -0.1) is 0 Å². The smallest absolute Gasteiger partial charge is 0.410 e. The van der Waals surface area contributed by atoms with Crippen LogP contribution < -0.4 is 4.90 Å². The number of carbonyl (C=O) groups is 1. The average Bonchev–Trinajstić information content (AvgIpc) is 2.89. The van der Waals surface area contributed by atoms with E-state index >= 15 is 0 Å². The van der Waals surface area contributed by atoms with Crippen LogP contribution in [0.5, 0.6) is 0 Å². The van der Waals surface area contributed by atoms with E-state index in [9.17, 15) is 4.79 Å². The lowest BCUT2D eigenvalue weighted by molar-refractivity contribution is 0.0241. The van der Waals surface area contributed by atoms with Crippen molar-refractivity contribution >= 4 is 56.9 Å². The second-order valence-electron chi connectivity index (χ2n) is 6.57. The Morgan fingerprint density at radius 2 is 1.92 bits per heavy atom. The molecular weight excluding hydrogens is 371 g/mol. The number of hydrogen-bond acceptors (Lipinski definition) is 6. The molecule has 6 nitrogen and oxygen atoms in total. The second-order valence-corrected chi connectivity index (χ2v) is 8.09. The molecule has 0 aromatic carbocycles. The number of ether oxygens (including phenoxy) is 1. The Kier molecular flexibility index (Phi) is 4.77. The van der Waals surface area contributed by atoms with Crippen molar-refractivity contribution in [2.24, 2.45) is 0 Å². The Bertz CT molecular complexity index is 767. The predicted octanol–water partition coefficient (Wildman–Crippen LogP) is 4.06. The number of halogens is 2. The van der Waals surface area contributed by atoms with E-state index in [0.29, 0.717) is 36.8 Å². The average molecular weight is 389 g/mol. The molecule has 0 bridgehead atoms. The van der Waals surface area contributed by atoms with Crippen LogP contribution in [-0.2, 0) is 4.74 Å². The maximum absolute atomic E-state index is 12.1. The summed E-state index contributed by atoms with van der Waals surface area (Å²) >= 11 is 13.4. The van der Waals surface area contributed by atoms with E-state index in [1.807, 2.05) is 20.8 Å². The fraction of sp³-hybridized carbons (Fsp3) is 0.533. The Morgan fingerprint density at radius 1 is 1.25 bits per heavy atom. The topological polar surface area (TPSA) is 58.6 Å². The summed E-state index contributed by atoms with van der Waals surface area (Å²) in [7, 11) is 0. The monoisotopic (exact) mass is 388 g/mol. The minimum Gasteiger partial charge on any atom is -0.444 e. The van der Waals surface area contributed by atoms with Gasteiger partial charge in [0.25, 0.3) is 0 Å². The van der Waals surface area contributed by atoms with Crippen LogP contribution in [0.25, 0.3) is 11.0 Å². The SMILES string of the molecule is CC(C)(C)OC(=O)N1CCN(c2snc3nc(Cl)c(Cl)cc23)CC1. The molecule has 2 aromatic rings. The summed E-state index contributed by atoms with van der Waals surface area (Å²) in [4.78, 5) is 20.2. The lowest BCUT2D eigenvalue weighted by Gasteiger charge is -2.36. The van der Waals surface area contributed by atoms with Crippen molar-refractivity contribution in [3.05, 3.63) is 16.2 Å². The minimum absolute atomic E-state index is 0.260. The molecule has 1 aliphatic rings. The summed E-state index contributed by atoms with van der Waals surface area (Å²) in [6.07, 6.45) is -0.271. The third kappa shape index (κ3) is 3.68. The quantitative estimate of drug-likeness (QED) is 0.689. The second kappa shape index (κ2) is 6.54. The molecule has 1 amide bonds. The normalized spacial score (nSPS) is 15.9. The van der Waals surface area contributed by atoms with E-state index in [1.165, 1.54) is 11.5 Å². The van der Waals surface area contributed by atoms with Gasteiger partial charge in [0, 0.05) is 26.2 Å². The first-order chi connectivity index (χ1) is 11.2. The molecule has 0 unspecified atom stereocenters. The van der Waals surface area contributed by atoms with E-state index in [1.54, 1.807) is 11.0 Å². The summed E-state index contributed by atoms with van der Waals surface area (Å²) in [6.45, 7) is 8.21. The van der Waals surface area contributed by atoms with Gasteiger partial charge in [-0.1, -0.05) is 23.2 Å². The zero-order valence-electron chi connectivity index (χ0n) is 13.7. The largest absolute Gasteiger partial charge is 0.444 e. The predicted molar refractivity (Wildman–Crippen MR) is 97.5 cm³/mol. The molecule has 0 radical (unpaired) electrons. The molecule has 130 valence electrons. The molecule has 0 saturated carbocycles. The number of nitrogens with zero attached hydrogens (tertiary/aromatic N) is 4. The van der Waals surface area contributed by atoms with Gasteiger partial charge in [-0.25, -0.2) is 9.78 Å². The number of fused-ring (bicyclic) bond motifs is 1. The molecule has 0 N–H and O–H groups in total. The number of aromatic nitrogens is 2. The standard InChI is InChI=1S/C15H18Cl2N4O2S/c1-15(2,3)23-14(22)21-6-4-20(5-7-21)13-9-8-10(16)11(17)18-12(9)19-24-13/h8H,4-7H2,1-3H3. The molecule has 3 rings (SSSR count). The first-order valence-corrected chi connectivity index (χ1v) is 9.12. The van der Waals surface area contributed by atoms with Crippen LogP contribution in [0, 0.1) is 0 Å². The van der Waals surface area contributed by atoms with Crippen molar-refractivity contribution in [3.8, 4) is 0 Å². The summed E-state index contributed by atoms with van der Waals surface area (Å²) in [5.41, 5.74) is 0.114. The third-order valence-electron chi connectivity index (χ3n) is 3.58. The number of pyridine rings is 1. The highest BCUT2D eigenvalue weighted by molar-refractivity contribution is 7.11. The van der Waals surface area contributed by atoms with Crippen LogP contribution >= 0.6 is 34.7 Å². The minimum atomic E-state index is -0.482. The zero-order valence-corrected chi connectivity index (χ0v) is 16.0. The van der Waals surface area contributed by atoms with Crippen LogP contribution in [0.3, 0.4) is 0 Å². The van der Waals surface area contributed by atoms with Gasteiger partial charge < -0.3 is 14.5 Å². The van der Waals surface area contributed by atoms with E-state index < -0.39 is 5.60 Å². The van der Waals surface area contributed by atoms with Gasteiger partial charge in [0.1, 0.15) is 15.8 Å². The first kappa shape index (κ1) is 17.5. The van der Waals surface area contributed by atoms with Gasteiger partial charge in [-0.3, -0.25) is 0 Å².